The van der Waals surface area contributed by atoms with Gasteiger partial charge < -0.3 is 14.2 Å². The second-order valence-electron chi connectivity index (χ2n) is 6.10. The molecule has 1 N–H and O–H groups in total. The summed E-state index contributed by atoms with van der Waals surface area (Å²) in [6, 6.07) is 8.04. The van der Waals surface area contributed by atoms with Gasteiger partial charge in [-0.3, -0.25) is 9.36 Å². The Kier molecular flexibility index (Phi) is 6.15. The number of hydrogen-bond donors (Lipinski definition) is 1. The zero-order valence-corrected chi connectivity index (χ0v) is 18.1. The summed E-state index contributed by atoms with van der Waals surface area (Å²) >= 11 is 1.03. The molecule has 2 aromatic carbocycles. The van der Waals surface area contributed by atoms with Gasteiger partial charge in [0.2, 0.25) is 15.8 Å². The van der Waals surface area contributed by atoms with Gasteiger partial charge in [0.25, 0.3) is 0 Å². The Labute approximate surface area is 172 Å². The zero-order valence-electron chi connectivity index (χ0n) is 16.5. The van der Waals surface area contributed by atoms with Crippen LogP contribution in [0.1, 0.15) is 12.5 Å². The van der Waals surface area contributed by atoms with Gasteiger partial charge in [-0.05, 0) is 42.8 Å². The molecule has 0 aliphatic heterocycles. The van der Waals surface area contributed by atoms with Crippen LogP contribution in [0.3, 0.4) is 0 Å². The fraction of sp³-hybridized carbons (Fsp3) is 0.316. The van der Waals surface area contributed by atoms with Crippen molar-refractivity contribution in [2.45, 2.75) is 24.9 Å². The fourth-order valence-electron chi connectivity index (χ4n) is 3.01. The van der Waals surface area contributed by atoms with E-state index in [1.54, 1.807) is 22.8 Å². The SMILES string of the molecule is CCn1c(=O)sc2cc(S(=O)(=O)NCc3cc(OC)c(OC)c(OC)c3)ccc21. The smallest absolute Gasteiger partial charge is 0.308 e. The Hall–Kier alpha value is -2.56. The van der Waals surface area contributed by atoms with Gasteiger partial charge in [0.1, 0.15) is 0 Å². The number of ether oxygens (including phenoxy) is 3. The predicted molar refractivity (Wildman–Crippen MR) is 112 cm³/mol. The van der Waals surface area contributed by atoms with Crippen LogP contribution in [0, 0.1) is 0 Å². The highest BCUT2D eigenvalue weighted by atomic mass is 32.2. The Bertz CT molecular complexity index is 1170. The molecule has 0 aliphatic carbocycles. The number of aryl methyl sites for hydroxylation is 1. The molecular weight excluding hydrogens is 416 g/mol. The van der Waals surface area contributed by atoms with Gasteiger partial charge in [-0.15, -0.1) is 0 Å². The van der Waals surface area contributed by atoms with E-state index in [1.165, 1.54) is 33.5 Å². The molecule has 10 heteroatoms. The van der Waals surface area contributed by atoms with Crippen LogP contribution in [-0.4, -0.2) is 34.3 Å². The number of nitrogens with one attached hydrogen (secondary N) is 1. The molecule has 0 saturated carbocycles. The van der Waals surface area contributed by atoms with E-state index in [-0.39, 0.29) is 16.3 Å². The minimum atomic E-state index is -3.78. The minimum absolute atomic E-state index is 0.0310. The third kappa shape index (κ3) is 4.09. The molecule has 0 bridgehead atoms. The van der Waals surface area contributed by atoms with Crippen molar-refractivity contribution >= 4 is 31.6 Å². The first-order valence-corrected chi connectivity index (χ1v) is 11.1. The zero-order chi connectivity index (χ0) is 21.2. The number of methoxy groups -OCH3 is 3. The largest absolute Gasteiger partial charge is 0.493 e. The van der Waals surface area contributed by atoms with E-state index in [1.807, 2.05) is 6.92 Å². The summed E-state index contributed by atoms with van der Waals surface area (Å²) in [4.78, 5) is 12.0. The Morgan fingerprint density at radius 1 is 1.03 bits per heavy atom. The van der Waals surface area contributed by atoms with E-state index in [0.717, 1.165) is 16.9 Å². The van der Waals surface area contributed by atoms with Gasteiger partial charge in [-0.1, -0.05) is 11.3 Å². The summed E-state index contributed by atoms with van der Waals surface area (Å²) in [5, 5.41) is 0. The molecule has 3 rings (SSSR count). The van der Waals surface area contributed by atoms with Gasteiger partial charge in [-0.25, -0.2) is 13.1 Å². The van der Waals surface area contributed by atoms with Crippen LogP contribution in [0.2, 0.25) is 0 Å². The Morgan fingerprint density at radius 3 is 2.24 bits per heavy atom. The summed E-state index contributed by atoms with van der Waals surface area (Å²) in [7, 11) is 0.705. The molecule has 156 valence electrons. The van der Waals surface area contributed by atoms with Gasteiger partial charge in [-0.2, -0.15) is 0 Å². The number of hydrogen-bond acceptors (Lipinski definition) is 7. The number of benzene rings is 2. The Morgan fingerprint density at radius 2 is 1.69 bits per heavy atom. The first-order valence-electron chi connectivity index (χ1n) is 8.76. The van der Waals surface area contributed by atoms with Gasteiger partial charge in [0, 0.05) is 13.1 Å². The lowest BCUT2D eigenvalue weighted by molar-refractivity contribution is 0.323. The topological polar surface area (TPSA) is 95.9 Å². The molecule has 0 unspecified atom stereocenters. The molecule has 3 aromatic rings. The molecule has 0 amide bonds. The van der Waals surface area contributed by atoms with Crippen LogP contribution in [0.5, 0.6) is 17.2 Å². The van der Waals surface area contributed by atoms with Crippen molar-refractivity contribution in [2.24, 2.45) is 0 Å². The summed E-state index contributed by atoms with van der Waals surface area (Å²) in [6.45, 7) is 2.44. The van der Waals surface area contributed by atoms with Crippen molar-refractivity contribution in [2.75, 3.05) is 21.3 Å². The number of fused-ring (bicyclic) bond motifs is 1. The van der Waals surface area contributed by atoms with Crippen molar-refractivity contribution in [3.63, 3.8) is 0 Å². The van der Waals surface area contributed by atoms with Crippen molar-refractivity contribution in [1.82, 2.24) is 9.29 Å². The molecule has 1 aromatic heterocycles. The van der Waals surface area contributed by atoms with Crippen LogP contribution in [0.4, 0.5) is 0 Å². The average molecular weight is 439 g/mol. The number of aromatic nitrogens is 1. The molecule has 0 saturated heterocycles. The first-order chi connectivity index (χ1) is 13.8. The number of sulfonamides is 1. The molecule has 0 spiro atoms. The van der Waals surface area contributed by atoms with E-state index >= 15 is 0 Å². The summed E-state index contributed by atoms with van der Waals surface area (Å²) in [6.07, 6.45) is 0. The van der Waals surface area contributed by atoms with E-state index < -0.39 is 10.0 Å². The monoisotopic (exact) mass is 438 g/mol. The number of thiazole rings is 1. The Balaban J connectivity index is 1.88. The first kappa shape index (κ1) is 21.2. The van der Waals surface area contributed by atoms with E-state index in [0.29, 0.717) is 34.1 Å². The maximum absolute atomic E-state index is 12.8. The third-order valence-corrected chi connectivity index (χ3v) is 6.80. The second-order valence-corrected chi connectivity index (χ2v) is 8.86. The van der Waals surface area contributed by atoms with Crippen LogP contribution < -0.4 is 23.8 Å². The molecule has 0 fully saturated rings. The van der Waals surface area contributed by atoms with Gasteiger partial charge >= 0.3 is 4.87 Å². The quantitative estimate of drug-likeness (QED) is 0.581. The van der Waals surface area contributed by atoms with Crippen molar-refractivity contribution in [3.8, 4) is 17.2 Å². The van der Waals surface area contributed by atoms with E-state index in [4.69, 9.17) is 14.2 Å². The van der Waals surface area contributed by atoms with Crippen LogP contribution in [0.15, 0.2) is 40.0 Å². The second kappa shape index (κ2) is 8.44. The van der Waals surface area contributed by atoms with Crippen LogP contribution >= 0.6 is 11.3 Å². The van der Waals surface area contributed by atoms with E-state index in [2.05, 4.69) is 4.72 Å². The summed E-state index contributed by atoms with van der Waals surface area (Å²) in [5.74, 6) is 1.31. The maximum Gasteiger partial charge on any atom is 0.308 e. The normalized spacial score (nSPS) is 11.6. The third-order valence-electron chi connectivity index (χ3n) is 4.46. The van der Waals surface area contributed by atoms with Crippen LogP contribution in [-0.2, 0) is 23.1 Å². The fourth-order valence-corrected chi connectivity index (χ4v) is 5.13. The van der Waals surface area contributed by atoms with Gasteiger partial charge in [0.15, 0.2) is 11.5 Å². The van der Waals surface area contributed by atoms with Crippen LogP contribution in [0.25, 0.3) is 10.2 Å². The molecule has 0 radical (unpaired) electrons. The molecule has 1 heterocycles. The lowest BCUT2D eigenvalue weighted by Crippen LogP contribution is -2.23. The molecule has 8 nitrogen and oxygen atoms in total. The summed E-state index contributed by atoms with van der Waals surface area (Å²) < 4.78 is 46.2. The number of rotatable bonds is 8. The van der Waals surface area contributed by atoms with Crippen molar-refractivity contribution in [1.29, 1.82) is 0 Å². The lowest BCUT2D eigenvalue weighted by atomic mass is 10.2. The maximum atomic E-state index is 12.8. The van der Waals surface area contributed by atoms with Crippen molar-refractivity contribution < 1.29 is 22.6 Å². The van der Waals surface area contributed by atoms with Gasteiger partial charge in [0.05, 0.1) is 36.4 Å². The predicted octanol–water partition coefficient (Wildman–Crippen LogP) is 2.59. The average Bonchev–Trinajstić information content (AvgIpc) is 3.05. The van der Waals surface area contributed by atoms with E-state index in [9.17, 15) is 13.2 Å². The minimum Gasteiger partial charge on any atom is -0.493 e. The standard InChI is InChI=1S/C19H22N2O6S2/c1-5-21-14-7-6-13(10-17(14)28-19(21)22)29(23,24)20-11-12-8-15(25-2)18(27-4)16(9-12)26-3/h6-10,20H,5,11H2,1-4H3. The molecule has 0 aliphatic rings. The molecular formula is C19H22N2O6S2. The lowest BCUT2D eigenvalue weighted by Gasteiger charge is -2.14. The number of nitrogens with zero attached hydrogens (tertiary/aromatic N) is 1. The highest BCUT2D eigenvalue weighted by molar-refractivity contribution is 7.89. The summed E-state index contributed by atoms with van der Waals surface area (Å²) in [5.41, 5.74) is 1.37. The molecule has 29 heavy (non-hydrogen) atoms. The van der Waals surface area contributed by atoms with Crippen molar-refractivity contribution in [3.05, 3.63) is 45.6 Å². The molecule has 0 atom stereocenters. The highest BCUT2D eigenvalue weighted by Gasteiger charge is 2.18. The highest BCUT2D eigenvalue weighted by Crippen LogP contribution is 2.38.